The lowest BCUT2D eigenvalue weighted by molar-refractivity contribution is 0.0827. The topological polar surface area (TPSA) is 41.9 Å². The Morgan fingerprint density at radius 3 is 2.38 bits per heavy atom. The third-order valence-electron chi connectivity index (χ3n) is 3.82. The maximum atomic E-state index is 9.95. The molecule has 2 rings (SSSR count). The number of hydrogen-bond acceptors (Lipinski definition) is 4. The molecule has 1 N–H and O–H groups in total. The van der Waals surface area contributed by atoms with Crippen molar-refractivity contribution < 1.29 is 14.6 Å². The number of likely N-dealkylation sites (N-methyl/N-ethyl adjacent to an activating group) is 1. The Morgan fingerprint density at radius 1 is 1.00 bits per heavy atom. The fourth-order valence-corrected chi connectivity index (χ4v) is 2.58. The van der Waals surface area contributed by atoms with Crippen LogP contribution in [0.2, 0.25) is 0 Å². The fraction of sp³-hybridized carbons (Fsp3) is 0.400. The van der Waals surface area contributed by atoms with E-state index in [1.54, 1.807) is 7.11 Å². The Balaban J connectivity index is 1.92. The minimum absolute atomic E-state index is 0.303. The van der Waals surface area contributed by atoms with Crippen LogP contribution in [0.1, 0.15) is 11.1 Å². The zero-order valence-electron chi connectivity index (χ0n) is 14.7. The zero-order chi connectivity index (χ0) is 17.4. The molecule has 0 amide bonds. The number of rotatable bonds is 9. The van der Waals surface area contributed by atoms with Gasteiger partial charge in [-0.25, -0.2) is 0 Å². The van der Waals surface area contributed by atoms with Crippen LogP contribution in [0.4, 0.5) is 0 Å². The molecule has 0 aliphatic carbocycles. The maximum Gasteiger partial charge on any atom is 0.122 e. The van der Waals surface area contributed by atoms with Crippen LogP contribution in [0.15, 0.2) is 48.5 Å². The van der Waals surface area contributed by atoms with Gasteiger partial charge in [0, 0.05) is 6.54 Å². The molecule has 4 nitrogen and oxygen atoms in total. The Hall–Kier alpha value is -2.04. The molecule has 0 bridgehead atoms. The highest BCUT2D eigenvalue weighted by molar-refractivity contribution is 5.35. The number of para-hydroxylation sites is 1. The molecule has 0 fully saturated rings. The Kier molecular flexibility index (Phi) is 7.09. The molecule has 0 saturated heterocycles. The van der Waals surface area contributed by atoms with Gasteiger partial charge in [-0.1, -0.05) is 30.3 Å². The largest absolute Gasteiger partial charge is 0.497 e. The van der Waals surface area contributed by atoms with Crippen LogP contribution in [0.25, 0.3) is 0 Å². The average molecular weight is 329 g/mol. The number of nitrogens with zero attached hydrogens (tertiary/aromatic N) is 1. The summed E-state index contributed by atoms with van der Waals surface area (Å²) >= 11 is 0. The van der Waals surface area contributed by atoms with Crippen molar-refractivity contribution in [2.75, 3.05) is 34.4 Å². The van der Waals surface area contributed by atoms with Crippen molar-refractivity contribution in [2.24, 2.45) is 0 Å². The fourth-order valence-electron chi connectivity index (χ4n) is 2.58. The number of methoxy groups -OCH3 is 1. The average Bonchev–Trinajstić information content (AvgIpc) is 2.58. The lowest BCUT2D eigenvalue weighted by Gasteiger charge is -2.18. The highest BCUT2D eigenvalue weighted by Gasteiger charge is 2.09. The molecule has 1 atom stereocenters. The monoisotopic (exact) mass is 329 g/mol. The quantitative estimate of drug-likeness (QED) is 0.768. The van der Waals surface area contributed by atoms with E-state index < -0.39 is 6.10 Å². The van der Waals surface area contributed by atoms with Gasteiger partial charge in [0.05, 0.1) is 7.11 Å². The molecule has 2 aromatic rings. The first-order valence-corrected chi connectivity index (χ1v) is 8.25. The first kappa shape index (κ1) is 18.3. The van der Waals surface area contributed by atoms with Crippen LogP contribution in [-0.4, -0.2) is 50.5 Å². The van der Waals surface area contributed by atoms with Crippen molar-refractivity contribution in [1.29, 1.82) is 0 Å². The van der Waals surface area contributed by atoms with Gasteiger partial charge in [-0.3, -0.25) is 0 Å². The lowest BCUT2D eigenvalue weighted by Crippen LogP contribution is -2.30. The van der Waals surface area contributed by atoms with Gasteiger partial charge in [0.1, 0.15) is 24.2 Å². The summed E-state index contributed by atoms with van der Waals surface area (Å²) in [5.41, 5.74) is 2.42. The summed E-state index contributed by atoms with van der Waals surface area (Å²) in [4.78, 5) is 1.95. The molecule has 4 heteroatoms. The van der Waals surface area contributed by atoms with Crippen LogP contribution in [0, 0.1) is 0 Å². The summed E-state index contributed by atoms with van der Waals surface area (Å²) in [6, 6.07) is 16.2. The van der Waals surface area contributed by atoms with Gasteiger partial charge in [-0.15, -0.1) is 0 Å². The molecular formula is C20H27NO3. The van der Waals surface area contributed by atoms with Crippen molar-refractivity contribution in [3.63, 3.8) is 0 Å². The smallest absolute Gasteiger partial charge is 0.122 e. The van der Waals surface area contributed by atoms with E-state index in [1.165, 1.54) is 5.56 Å². The van der Waals surface area contributed by atoms with Gasteiger partial charge in [0.2, 0.25) is 0 Å². The van der Waals surface area contributed by atoms with E-state index in [2.05, 4.69) is 18.2 Å². The summed E-state index contributed by atoms with van der Waals surface area (Å²) in [5, 5.41) is 9.95. The molecule has 130 valence electrons. The number of hydrogen-bond donors (Lipinski definition) is 1. The Bertz CT molecular complexity index is 611. The van der Waals surface area contributed by atoms with Crippen molar-refractivity contribution in [3.05, 3.63) is 59.7 Å². The van der Waals surface area contributed by atoms with E-state index >= 15 is 0 Å². The highest BCUT2D eigenvalue weighted by Crippen LogP contribution is 2.21. The molecule has 2 aromatic carbocycles. The SMILES string of the molecule is COc1ccc(CCc2ccccc2OC[C@H](O)CN(C)C)cc1. The van der Waals surface area contributed by atoms with E-state index in [0.29, 0.717) is 13.2 Å². The first-order chi connectivity index (χ1) is 11.6. The van der Waals surface area contributed by atoms with Crippen LogP contribution < -0.4 is 9.47 Å². The first-order valence-electron chi connectivity index (χ1n) is 8.25. The predicted molar refractivity (Wildman–Crippen MR) is 96.9 cm³/mol. The predicted octanol–water partition coefficient (Wildman–Crippen LogP) is 2.78. The molecule has 0 saturated carbocycles. The maximum absolute atomic E-state index is 9.95. The van der Waals surface area contributed by atoms with Crippen LogP contribution in [-0.2, 0) is 12.8 Å². The minimum Gasteiger partial charge on any atom is -0.497 e. The van der Waals surface area contributed by atoms with Gasteiger partial charge < -0.3 is 19.5 Å². The third-order valence-corrected chi connectivity index (χ3v) is 3.82. The summed E-state index contributed by atoms with van der Waals surface area (Å²) in [7, 11) is 5.55. The second-order valence-electron chi connectivity index (χ2n) is 6.18. The molecule has 0 aliphatic heterocycles. The summed E-state index contributed by atoms with van der Waals surface area (Å²) in [6.07, 6.45) is 1.34. The summed E-state index contributed by atoms with van der Waals surface area (Å²) in [5.74, 6) is 1.72. The highest BCUT2D eigenvalue weighted by atomic mass is 16.5. The van der Waals surface area contributed by atoms with E-state index in [0.717, 1.165) is 29.9 Å². The van der Waals surface area contributed by atoms with Crippen molar-refractivity contribution in [1.82, 2.24) is 4.90 Å². The molecule has 0 spiro atoms. The molecule has 0 radical (unpaired) electrons. The molecule has 0 aliphatic rings. The normalized spacial score (nSPS) is 12.2. The van der Waals surface area contributed by atoms with Crippen LogP contribution in [0.5, 0.6) is 11.5 Å². The van der Waals surface area contributed by atoms with E-state index in [9.17, 15) is 5.11 Å². The van der Waals surface area contributed by atoms with Crippen molar-refractivity contribution in [2.45, 2.75) is 18.9 Å². The molecule has 0 heterocycles. The lowest BCUT2D eigenvalue weighted by atomic mass is 10.0. The number of aliphatic hydroxyl groups is 1. The van der Waals surface area contributed by atoms with Crippen molar-refractivity contribution in [3.8, 4) is 11.5 Å². The van der Waals surface area contributed by atoms with E-state index in [4.69, 9.17) is 9.47 Å². The van der Waals surface area contributed by atoms with Gasteiger partial charge in [-0.2, -0.15) is 0 Å². The van der Waals surface area contributed by atoms with Gasteiger partial charge in [0.15, 0.2) is 0 Å². The number of benzene rings is 2. The number of ether oxygens (including phenoxy) is 2. The Labute approximate surface area is 144 Å². The Morgan fingerprint density at radius 2 is 1.71 bits per heavy atom. The summed E-state index contributed by atoms with van der Waals surface area (Å²) in [6.45, 7) is 0.895. The number of aliphatic hydroxyl groups excluding tert-OH is 1. The second-order valence-corrected chi connectivity index (χ2v) is 6.18. The molecule has 0 unspecified atom stereocenters. The van der Waals surface area contributed by atoms with E-state index in [1.807, 2.05) is 49.3 Å². The van der Waals surface area contributed by atoms with Gasteiger partial charge in [-0.05, 0) is 56.3 Å². The third kappa shape index (κ3) is 5.87. The standard InChI is InChI=1S/C20H27NO3/c1-21(2)14-18(22)15-24-20-7-5-4-6-17(20)11-8-16-9-12-19(23-3)13-10-16/h4-7,9-10,12-13,18,22H,8,11,14-15H2,1-3H3/t18-/m1/s1. The minimum atomic E-state index is -0.491. The van der Waals surface area contributed by atoms with E-state index in [-0.39, 0.29) is 0 Å². The van der Waals surface area contributed by atoms with Gasteiger partial charge in [0.25, 0.3) is 0 Å². The molecule has 0 aromatic heterocycles. The second kappa shape index (κ2) is 9.30. The zero-order valence-corrected chi connectivity index (χ0v) is 14.7. The van der Waals surface area contributed by atoms with Crippen molar-refractivity contribution >= 4 is 0 Å². The molecule has 24 heavy (non-hydrogen) atoms. The van der Waals surface area contributed by atoms with Gasteiger partial charge >= 0.3 is 0 Å². The summed E-state index contributed by atoms with van der Waals surface area (Å²) < 4.78 is 11.0. The van der Waals surface area contributed by atoms with Crippen LogP contribution in [0.3, 0.4) is 0 Å². The molecular weight excluding hydrogens is 302 g/mol. The van der Waals surface area contributed by atoms with Crippen LogP contribution >= 0.6 is 0 Å². The number of aryl methyl sites for hydroxylation is 2.